The van der Waals surface area contributed by atoms with E-state index in [9.17, 15) is 9.59 Å². The minimum atomic E-state index is -0.493. The second-order valence-corrected chi connectivity index (χ2v) is 7.81. The Bertz CT molecular complexity index is 925. The van der Waals surface area contributed by atoms with Crippen molar-refractivity contribution in [3.8, 4) is 0 Å². The van der Waals surface area contributed by atoms with Crippen LogP contribution in [0.4, 0.5) is 11.4 Å². The van der Waals surface area contributed by atoms with Gasteiger partial charge in [-0.15, -0.1) is 6.58 Å². The normalized spacial score (nSPS) is 17.8. The van der Waals surface area contributed by atoms with Crippen LogP contribution < -0.4 is 5.32 Å². The number of amidine groups is 1. The van der Waals surface area contributed by atoms with Gasteiger partial charge in [-0.1, -0.05) is 48.2 Å². The topological polar surface area (TPSA) is 61.8 Å². The standard InChI is InChI=1S/C22H23N3O2S/c1-4-12-25-21(27)19(28-22(25)23-17-8-6-5-7-9-17)14-20(26)24-18-13-15(2)10-11-16(18)3/h4-11,13,19H,1,12,14H2,2-3H3,(H,24,26). The first-order valence-corrected chi connectivity index (χ1v) is 9.95. The molecule has 1 aliphatic heterocycles. The molecule has 5 nitrogen and oxygen atoms in total. The number of nitrogens with one attached hydrogen (secondary N) is 1. The van der Waals surface area contributed by atoms with Crippen LogP contribution in [0.25, 0.3) is 0 Å². The monoisotopic (exact) mass is 393 g/mol. The van der Waals surface area contributed by atoms with Gasteiger partial charge in [0.15, 0.2) is 5.17 Å². The van der Waals surface area contributed by atoms with Crippen LogP contribution in [0.1, 0.15) is 17.5 Å². The first-order chi connectivity index (χ1) is 13.5. The lowest BCUT2D eigenvalue weighted by Crippen LogP contribution is -2.33. The van der Waals surface area contributed by atoms with Crippen molar-refractivity contribution in [2.24, 2.45) is 4.99 Å². The van der Waals surface area contributed by atoms with Crippen molar-refractivity contribution in [1.29, 1.82) is 0 Å². The van der Waals surface area contributed by atoms with Gasteiger partial charge in [-0.25, -0.2) is 4.99 Å². The van der Waals surface area contributed by atoms with E-state index in [1.807, 2.05) is 62.4 Å². The van der Waals surface area contributed by atoms with Crippen LogP contribution in [0.5, 0.6) is 0 Å². The highest BCUT2D eigenvalue weighted by molar-refractivity contribution is 8.15. The molecule has 2 amide bonds. The Morgan fingerprint density at radius 3 is 2.71 bits per heavy atom. The van der Waals surface area contributed by atoms with Crippen molar-refractivity contribution >= 4 is 40.1 Å². The van der Waals surface area contributed by atoms with Gasteiger partial charge in [-0.2, -0.15) is 0 Å². The van der Waals surface area contributed by atoms with Crippen LogP contribution in [0.15, 0.2) is 66.2 Å². The highest BCUT2D eigenvalue weighted by Gasteiger charge is 2.38. The first kappa shape index (κ1) is 19.9. The van der Waals surface area contributed by atoms with Crippen LogP contribution in [0.2, 0.25) is 0 Å². The van der Waals surface area contributed by atoms with Crippen LogP contribution >= 0.6 is 11.8 Å². The van der Waals surface area contributed by atoms with Gasteiger partial charge in [0.05, 0.1) is 5.69 Å². The largest absolute Gasteiger partial charge is 0.326 e. The van der Waals surface area contributed by atoms with Gasteiger partial charge in [0, 0.05) is 18.7 Å². The number of carbonyl (C=O) groups is 2. The number of rotatable bonds is 6. The molecule has 2 aromatic carbocycles. The van der Waals surface area contributed by atoms with Gasteiger partial charge in [-0.05, 0) is 43.2 Å². The number of hydrogen-bond donors (Lipinski definition) is 1. The van der Waals surface area contributed by atoms with Crippen LogP contribution in [0, 0.1) is 13.8 Å². The lowest BCUT2D eigenvalue weighted by atomic mass is 10.1. The van der Waals surface area contributed by atoms with E-state index in [0.717, 1.165) is 22.5 Å². The fourth-order valence-corrected chi connectivity index (χ4v) is 4.04. The molecule has 1 atom stereocenters. The van der Waals surface area contributed by atoms with Crippen molar-refractivity contribution in [3.05, 3.63) is 72.3 Å². The molecule has 2 aromatic rings. The maximum atomic E-state index is 12.8. The van der Waals surface area contributed by atoms with E-state index in [2.05, 4.69) is 16.9 Å². The zero-order valence-electron chi connectivity index (χ0n) is 16.0. The van der Waals surface area contributed by atoms with Crippen LogP contribution in [-0.2, 0) is 9.59 Å². The molecule has 1 N–H and O–H groups in total. The van der Waals surface area contributed by atoms with E-state index in [1.165, 1.54) is 11.8 Å². The van der Waals surface area contributed by atoms with Crippen molar-refractivity contribution in [3.63, 3.8) is 0 Å². The number of carbonyl (C=O) groups excluding carboxylic acids is 2. The molecule has 0 aromatic heterocycles. The van der Waals surface area contributed by atoms with Crippen molar-refractivity contribution in [1.82, 2.24) is 4.90 Å². The minimum absolute atomic E-state index is 0.0956. The number of thioether (sulfide) groups is 1. The predicted molar refractivity (Wildman–Crippen MR) is 116 cm³/mol. The van der Waals surface area contributed by atoms with Gasteiger partial charge < -0.3 is 5.32 Å². The average Bonchev–Trinajstić information content (AvgIpc) is 2.94. The molecule has 1 saturated heterocycles. The SMILES string of the molecule is C=CCN1C(=O)C(CC(=O)Nc2cc(C)ccc2C)SC1=Nc1ccccc1. The molecule has 1 unspecified atom stereocenters. The number of amides is 2. The van der Waals surface area contributed by atoms with Crippen LogP contribution in [-0.4, -0.2) is 33.7 Å². The molecule has 0 bridgehead atoms. The summed E-state index contributed by atoms with van der Waals surface area (Å²) in [6.45, 7) is 8.01. The summed E-state index contributed by atoms with van der Waals surface area (Å²) in [7, 11) is 0. The Kier molecular flexibility index (Phi) is 6.31. The number of nitrogens with zero attached hydrogens (tertiary/aromatic N) is 2. The molecule has 28 heavy (non-hydrogen) atoms. The summed E-state index contributed by atoms with van der Waals surface area (Å²) < 4.78 is 0. The summed E-state index contributed by atoms with van der Waals surface area (Å²) in [5.41, 5.74) is 3.61. The number of aryl methyl sites for hydroxylation is 2. The third kappa shape index (κ3) is 4.70. The molecule has 1 fully saturated rings. The molecule has 1 aliphatic rings. The van der Waals surface area contributed by atoms with Gasteiger partial charge >= 0.3 is 0 Å². The summed E-state index contributed by atoms with van der Waals surface area (Å²) >= 11 is 1.33. The Balaban J connectivity index is 1.74. The summed E-state index contributed by atoms with van der Waals surface area (Å²) in [4.78, 5) is 31.5. The summed E-state index contributed by atoms with van der Waals surface area (Å²) in [5.74, 6) is -0.297. The number of hydrogen-bond acceptors (Lipinski definition) is 4. The lowest BCUT2D eigenvalue weighted by Gasteiger charge is -2.14. The second kappa shape index (κ2) is 8.89. The number of benzene rings is 2. The third-order valence-corrected chi connectivity index (χ3v) is 5.53. The molecule has 144 valence electrons. The fraction of sp³-hybridized carbons (Fsp3) is 0.227. The quantitative estimate of drug-likeness (QED) is 0.738. The molecule has 3 rings (SSSR count). The molecule has 1 heterocycles. The Labute approximate surface area is 169 Å². The van der Waals surface area contributed by atoms with Gasteiger partial charge in [-0.3, -0.25) is 14.5 Å². The highest BCUT2D eigenvalue weighted by Crippen LogP contribution is 2.32. The average molecular weight is 394 g/mol. The van der Waals surface area contributed by atoms with E-state index in [4.69, 9.17) is 0 Å². The molecule has 0 saturated carbocycles. The van der Waals surface area contributed by atoms with Crippen molar-refractivity contribution in [2.45, 2.75) is 25.5 Å². The minimum Gasteiger partial charge on any atom is -0.326 e. The van der Waals surface area contributed by atoms with Crippen LogP contribution in [0.3, 0.4) is 0 Å². The summed E-state index contributed by atoms with van der Waals surface area (Å²) in [5, 5.41) is 3.03. The van der Waals surface area contributed by atoms with E-state index in [1.54, 1.807) is 11.0 Å². The van der Waals surface area contributed by atoms with Gasteiger partial charge in [0.1, 0.15) is 5.25 Å². The maximum Gasteiger partial charge on any atom is 0.242 e. The van der Waals surface area contributed by atoms with Gasteiger partial charge in [0.2, 0.25) is 11.8 Å². The highest BCUT2D eigenvalue weighted by atomic mass is 32.2. The second-order valence-electron chi connectivity index (χ2n) is 6.64. The molecule has 0 radical (unpaired) electrons. The van der Waals surface area contributed by atoms with Gasteiger partial charge in [0.25, 0.3) is 0 Å². The Morgan fingerprint density at radius 2 is 2.00 bits per heavy atom. The Hall–Kier alpha value is -2.86. The molecule has 6 heteroatoms. The number of aliphatic imine (C=N–C) groups is 1. The smallest absolute Gasteiger partial charge is 0.242 e. The lowest BCUT2D eigenvalue weighted by molar-refractivity contribution is -0.127. The molecule has 0 spiro atoms. The molecular formula is C22H23N3O2S. The van der Waals surface area contributed by atoms with E-state index >= 15 is 0 Å². The number of anilines is 1. The molecule has 0 aliphatic carbocycles. The van der Waals surface area contributed by atoms with E-state index in [-0.39, 0.29) is 18.2 Å². The fourth-order valence-electron chi connectivity index (χ4n) is 2.88. The number of para-hydroxylation sites is 1. The Morgan fingerprint density at radius 1 is 1.25 bits per heavy atom. The third-order valence-electron chi connectivity index (χ3n) is 4.35. The van der Waals surface area contributed by atoms with E-state index in [0.29, 0.717) is 11.7 Å². The molecular weight excluding hydrogens is 370 g/mol. The van der Waals surface area contributed by atoms with E-state index < -0.39 is 5.25 Å². The zero-order valence-corrected chi connectivity index (χ0v) is 16.8. The summed E-state index contributed by atoms with van der Waals surface area (Å²) in [6, 6.07) is 15.4. The predicted octanol–water partition coefficient (Wildman–Crippen LogP) is 4.45. The van der Waals surface area contributed by atoms with Crippen molar-refractivity contribution in [2.75, 3.05) is 11.9 Å². The first-order valence-electron chi connectivity index (χ1n) is 9.07. The zero-order chi connectivity index (χ0) is 20.1. The summed E-state index contributed by atoms with van der Waals surface area (Å²) in [6.07, 6.45) is 1.76. The maximum absolute atomic E-state index is 12.8. The van der Waals surface area contributed by atoms with Crippen molar-refractivity contribution < 1.29 is 9.59 Å².